The molecule has 18 heavy (non-hydrogen) atoms. The average Bonchev–Trinajstić information content (AvgIpc) is 2.81. The number of aryl methyl sites for hydroxylation is 2. The Morgan fingerprint density at radius 2 is 2.00 bits per heavy atom. The van der Waals surface area contributed by atoms with Crippen molar-refractivity contribution in [2.45, 2.75) is 51.7 Å². The molecule has 0 saturated heterocycles. The predicted octanol–water partition coefficient (Wildman–Crippen LogP) is 2.94. The van der Waals surface area contributed by atoms with Gasteiger partial charge in [-0.1, -0.05) is 19.9 Å². The second-order valence-corrected chi connectivity index (χ2v) is 6.29. The summed E-state index contributed by atoms with van der Waals surface area (Å²) in [7, 11) is 2.04. The van der Waals surface area contributed by atoms with Crippen molar-refractivity contribution in [2.75, 3.05) is 7.05 Å². The van der Waals surface area contributed by atoms with E-state index in [2.05, 4.69) is 37.4 Å². The molecular weight excluding hydrogens is 222 g/mol. The number of ether oxygens (including phenoxy) is 1. The van der Waals surface area contributed by atoms with Gasteiger partial charge in [0.2, 0.25) is 0 Å². The van der Waals surface area contributed by atoms with E-state index >= 15 is 0 Å². The minimum absolute atomic E-state index is 0.230. The second-order valence-electron chi connectivity index (χ2n) is 6.29. The first-order valence-electron chi connectivity index (χ1n) is 7.07. The van der Waals surface area contributed by atoms with Crippen LogP contribution >= 0.6 is 0 Å². The van der Waals surface area contributed by atoms with Crippen molar-refractivity contribution in [1.82, 2.24) is 5.32 Å². The molecule has 98 valence electrons. The van der Waals surface area contributed by atoms with Crippen molar-refractivity contribution in [2.24, 2.45) is 5.41 Å². The molecule has 0 bridgehead atoms. The van der Waals surface area contributed by atoms with E-state index in [4.69, 9.17) is 4.74 Å². The molecule has 0 heterocycles. The van der Waals surface area contributed by atoms with Gasteiger partial charge in [0.1, 0.15) is 11.9 Å². The van der Waals surface area contributed by atoms with E-state index in [9.17, 15) is 0 Å². The van der Waals surface area contributed by atoms with E-state index in [1.54, 1.807) is 0 Å². The Labute approximate surface area is 110 Å². The third kappa shape index (κ3) is 1.83. The summed E-state index contributed by atoms with van der Waals surface area (Å²) in [6, 6.07) is 7.23. The lowest BCUT2D eigenvalue weighted by atomic mass is 9.64. The second kappa shape index (κ2) is 4.27. The molecule has 1 saturated carbocycles. The smallest absolute Gasteiger partial charge is 0.120 e. The lowest BCUT2D eigenvalue weighted by Gasteiger charge is -2.51. The maximum absolute atomic E-state index is 6.18. The fraction of sp³-hybridized carbons (Fsp3) is 0.625. The highest BCUT2D eigenvalue weighted by atomic mass is 16.5. The molecule has 2 nitrogen and oxygen atoms in total. The van der Waals surface area contributed by atoms with Crippen molar-refractivity contribution in [3.63, 3.8) is 0 Å². The summed E-state index contributed by atoms with van der Waals surface area (Å²) < 4.78 is 6.18. The van der Waals surface area contributed by atoms with Crippen LogP contribution in [0.15, 0.2) is 18.2 Å². The first kappa shape index (κ1) is 12.0. The number of hydrogen-bond acceptors (Lipinski definition) is 2. The van der Waals surface area contributed by atoms with Crippen molar-refractivity contribution in [3.05, 3.63) is 29.3 Å². The standard InChI is InChI=1S/C16H23NO/c1-16(2)14(17-3)10-15(16)18-13-8-7-11-5-4-6-12(11)9-13/h7-9,14-15,17H,4-6,10H2,1-3H3. The number of rotatable bonds is 3. The Kier molecular flexibility index (Phi) is 2.86. The number of benzene rings is 1. The fourth-order valence-corrected chi connectivity index (χ4v) is 3.36. The molecule has 2 aliphatic carbocycles. The minimum atomic E-state index is 0.230. The zero-order chi connectivity index (χ0) is 12.8. The highest BCUT2D eigenvalue weighted by molar-refractivity contribution is 5.38. The van der Waals surface area contributed by atoms with Crippen LogP contribution in [-0.4, -0.2) is 19.2 Å². The van der Waals surface area contributed by atoms with Gasteiger partial charge in [0.25, 0.3) is 0 Å². The van der Waals surface area contributed by atoms with Gasteiger partial charge in [-0.3, -0.25) is 0 Å². The molecule has 0 radical (unpaired) electrons. The third-order valence-corrected chi connectivity index (χ3v) is 4.87. The summed E-state index contributed by atoms with van der Waals surface area (Å²) in [5, 5.41) is 3.37. The molecule has 1 aromatic carbocycles. The van der Waals surface area contributed by atoms with E-state index in [1.807, 2.05) is 7.05 Å². The van der Waals surface area contributed by atoms with Crippen LogP contribution in [0.5, 0.6) is 5.75 Å². The zero-order valence-corrected chi connectivity index (χ0v) is 11.6. The SMILES string of the molecule is CNC1CC(Oc2ccc3c(c2)CCC3)C1(C)C. The Hall–Kier alpha value is -1.02. The first-order chi connectivity index (χ1) is 8.61. The normalized spacial score (nSPS) is 28.6. The van der Waals surface area contributed by atoms with Crippen LogP contribution in [0.1, 0.15) is 37.8 Å². The molecule has 2 aliphatic rings. The molecule has 0 amide bonds. The van der Waals surface area contributed by atoms with Gasteiger partial charge in [-0.25, -0.2) is 0 Å². The lowest BCUT2D eigenvalue weighted by Crippen LogP contribution is -2.61. The van der Waals surface area contributed by atoms with Gasteiger partial charge < -0.3 is 10.1 Å². The molecule has 2 heteroatoms. The summed E-state index contributed by atoms with van der Waals surface area (Å²) in [4.78, 5) is 0. The van der Waals surface area contributed by atoms with Gasteiger partial charge in [-0.2, -0.15) is 0 Å². The molecule has 2 unspecified atom stereocenters. The van der Waals surface area contributed by atoms with E-state index in [0.717, 1.165) is 12.2 Å². The van der Waals surface area contributed by atoms with Crippen molar-refractivity contribution < 1.29 is 4.74 Å². The highest BCUT2D eigenvalue weighted by Gasteiger charge is 2.49. The number of nitrogens with one attached hydrogen (secondary N) is 1. The molecule has 0 spiro atoms. The fourth-order valence-electron chi connectivity index (χ4n) is 3.36. The van der Waals surface area contributed by atoms with Crippen molar-refractivity contribution in [1.29, 1.82) is 0 Å². The molecule has 1 fully saturated rings. The quantitative estimate of drug-likeness (QED) is 0.884. The largest absolute Gasteiger partial charge is 0.490 e. The van der Waals surface area contributed by atoms with Crippen molar-refractivity contribution >= 4 is 0 Å². The molecule has 1 N–H and O–H groups in total. The van der Waals surface area contributed by atoms with Crippen LogP contribution in [0, 0.1) is 5.41 Å². The van der Waals surface area contributed by atoms with Gasteiger partial charge in [0.15, 0.2) is 0 Å². The minimum Gasteiger partial charge on any atom is -0.490 e. The maximum atomic E-state index is 6.18. The van der Waals surface area contributed by atoms with Gasteiger partial charge in [0, 0.05) is 17.9 Å². The summed E-state index contributed by atoms with van der Waals surface area (Å²) in [5.41, 5.74) is 3.24. The first-order valence-corrected chi connectivity index (χ1v) is 7.07. The molecule has 0 aliphatic heterocycles. The number of hydrogen-bond donors (Lipinski definition) is 1. The number of fused-ring (bicyclic) bond motifs is 1. The molecule has 0 aromatic heterocycles. The van der Waals surface area contributed by atoms with Crippen LogP contribution in [0.4, 0.5) is 0 Å². The molecule has 1 aromatic rings. The Morgan fingerprint density at radius 1 is 1.22 bits per heavy atom. The van der Waals surface area contributed by atoms with Gasteiger partial charge in [-0.15, -0.1) is 0 Å². The van der Waals surface area contributed by atoms with Gasteiger partial charge >= 0.3 is 0 Å². The van der Waals surface area contributed by atoms with Crippen LogP contribution in [0.3, 0.4) is 0 Å². The average molecular weight is 245 g/mol. The van der Waals surface area contributed by atoms with Gasteiger partial charge in [0.05, 0.1) is 0 Å². The maximum Gasteiger partial charge on any atom is 0.120 e. The van der Waals surface area contributed by atoms with E-state index in [0.29, 0.717) is 12.1 Å². The molecular formula is C16H23NO. The van der Waals surface area contributed by atoms with Crippen LogP contribution in [-0.2, 0) is 12.8 Å². The van der Waals surface area contributed by atoms with E-state index < -0.39 is 0 Å². The summed E-state index contributed by atoms with van der Waals surface area (Å²) >= 11 is 0. The topological polar surface area (TPSA) is 21.3 Å². The van der Waals surface area contributed by atoms with Crippen LogP contribution < -0.4 is 10.1 Å². The molecule has 3 rings (SSSR count). The van der Waals surface area contributed by atoms with Crippen molar-refractivity contribution in [3.8, 4) is 5.75 Å². The van der Waals surface area contributed by atoms with Gasteiger partial charge in [-0.05, 0) is 49.6 Å². The summed E-state index contributed by atoms with van der Waals surface area (Å²) in [5.74, 6) is 1.06. The third-order valence-electron chi connectivity index (χ3n) is 4.87. The van der Waals surface area contributed by atoms with E-state index in [-0.39, 0.29) is 5.41 Å². The van der Waals surface area contributed by atoms with Crippen LogP contribution in [0.25, 0.3) is 0 Å². The summed E-state index contributed by atoms with van der Waals surface area (Å²) in [6.07, 6.45) is 5.22. The lowest BCUT2D eigenvalue weighted by molar-refractivity contribution is -0.0521. The highest BCUT2D eigenvalue weighted by Crippen LogP contribution is 2.43. The Balaban J connectivity index is 1.71. The Morgan fingerprint density at radius 3 is 2.72 bits per heavy atom. The summed E-state index contributed by atoms with van der Waals surface area (Å²) in [6.45, 7) is 4.57. The Bertz CT molecular complexity index is 452. The van der Waals surface area contributed by atoms with E-state index in [1.165, 1.54) is 30.4 Å². The van der Waals surface area contributed by atoms with Crippen LogP contribution in [0.2, 0.25) is 0 Å². The zero-order valence-electron chi connectivity index (χ0n) is 11.6. The predicted molar refractivity (Wildman–Crippen MR) is 74.1 cm³/mol. The monoisotopic (exact) mass is 245 g/mol. The molecule has 2 atom stereocenters.